The van der Waals surface area contributed by atoms with Crippen molar-refractivity contribution in [3.8, 4) is 0 Å². The van der Waals surface area contributed by atoms with E-state index in [1.54, 1.807) is 11.9 Å². The van der Waals surface area contributed by atoms with Gasteiger partial charge in [0, 0.05) is 13.0 Å². The molecule has 2 unspecified atom stereocenters. The normalized spacial score (nSPS) is 20.9. The molecular weight excluding hydrogens is 256 g/mol. The van der Waals surface area contributed by atoms with E-state index >= 15 is 0 Å². The van der Waals surface area contributed by atoms with Crippen LogP contribution in [0.15, 0.2) is 42.1 Å². The molecule has 0 saturated heterocycles. The number of rotatable bonds is 5. The number of allylic oxidation sites excluding steroid dienone is 1. The predicted molar refractivity (Wildman–Crippen MR) is 74.7 cm³/mol. The Labute approximate surface area is 118 Å². The molecule has 2 atom stereocenters. The Morgan fingerprint density at radius 1 is 1.35 bits per heavy atom. The van der Waals surface area contributed by atoms with Gasteiger partial charge in [0.15, 0.2) is 0 Å². The van der Waals surface area contributed by atoms with Crippen LogP contribution >= 0.6 is 0 Å². The van der Waals surface area contributed by atoms with Crippen molar-refractivity contribution in [2.45, 2.75) is 26.3 Å². The van der Waals surface area contributed by atoms with Gasteiger partial charge in [-0.05, 0) is 11.6 Å². The maximum Gasteiger partial charge on any atom is 0.306 e. The predicted octanol–water partition coefficient (Wildman–Crippen LogP) is 2.66. The Balaban J connectivity index is 2.23. The molecule has 2 N–H and O–H groups in total. The minimum Gasteiger partial charge on any atom is -0.481 e. The minimum absolute atomic E-state index is 0.0535. The highest BCUT2D eigenvalue weighted by molar-refractivity contribution is 5.69. The lowest BCUT2D eigenvalue weighted by Crippen LogP contribution is -2.36. The first-order valence-corrected chi connectivity index (χ1v) is 6.78. The Kier molecular flexibility index (Phi) is 4.42. The fourth-order valence-electron chi connectivity index (χ4n) is 2.42. The summed E-state index contributed by atoms with van der Waals surface area (Å²) in [6.45, 7) is 4.23. The highest BCUT2D eigenvalue weighted by Gasteiger charge is 2.32. The second-order valence-electron chi connectivity index (χ2n) is 5.00. The topological polar surface area (TPSA) is 64.0 Å². The zero-order valence-electron chi connectivity index (χ0n) is 11.7. The number of aliphatic carboxylic acids is 1. The minimum atomic E-state index is -0.856. The Bertz CT molecular complexity index is 501. The SMILES string of the molecule is CCN1C(c2ccccc2)C=C(CC(C)C(=O)O)N1O. The fraction of sp³-hybridized carbons (Fsp3) is 0.400. The summed E-state index contributed by atoms with van der Waals surface area (Å²) in [5.74, 6) is -1.38. The van der Waals surface area contributed by atoms with Crippen molar-refractivity contribution in [2.24, 2.45) is 5.92 Å². The van der Waals surface area contributed by atoms with E-state index < -0.39 is 11.9 Å². The van der Waals surface area contributed by atoms with Crippen LogP contribution in [0.5, 0.6) is 0 Å². The van der Waals surface area contributed by atoms with E-state index in [4.69, 9.17) is 5.11 Å². The number of likely N-dealkylation sites (N-methyl/N-ethyl adjacent to an activating group) is 1. The number of hydrogen-bond acceptors (Lipinski definition) is 4. The molecule has 1 aliphatic rings. The molecule has 5 nitrogen and oxygen atoms in total. The molecule has 0 radical (unpaired) electrons. The third kappa shape index (κ3) is 2.84. The molecule has 1 heterocycles. The van der Waals surface area contributed by atoms with Crippen molar-refractivity contribution in [3.05, 3.63) is 47.7 Å². The van der Waals surface area contributed by atoms with Crippen molar-refractivity contribution < 1.29 is 15.1 Å². The van der Waals surface area contributed by atoms with Crippen LogP contribution in [0.3, 0.4) is 0 Å². The average molecular weight is 276 g/mol. The van der Waals surface area contributed by atoms with Crippen molar-refractivity contribution in [1.82, 2.24) is 10.2 Å². The molecule has 1 aromatic rings. The molecule has 2 rings (SSSR count). The summed E-state index contributed by atoms with van der Waals surface area (Å²) in [5, 5.41) is 22.1. The lowest BCUT2D eigenvalue weighted by Gasteiger charge is -2.30. The Hall–Kier alpha value is -1.85. The first-order chi connectivity index (χ1) is 9.54. The molecular formula is C15H20N2O3. The van der Waals surface area contributed by atoms with E-state index in [2.05, 4.69) is 0 Å². The molecule has 0 spiro atoms. The fourth-order valence-corrected chi connectivity index (χ4v) is 2.42. The summed E-state index contributed by atoms with van der Waals surface area (Å²) in [6.07, 6.45) is 2.24. The molecule has 0 saturated carbocycles. The van der Waals surface area contributed by atoms with Gasteiger partial charge in [-0.2, -0.15) is 10.2 Å². The molecule has 0 amide bonds. The van der Waals surface area contributed by atoms with Crippen molar-refractivity contribution in [1.29, 1.82) is 0 Å². The van der Waals surface area contributed by atoms with Gasteiger partial charge in [-0.3, -0.25) is 10.0 Å². The number of carboxylic acid groups (broad SMARTS) is 1. The standard InChI is InChI=1S/C15H20N2O3/c1-3-16-14(12-7-5-4-6-8-12)10-13(17(16)20)9-11(2)15(18)19/h4-8,10-11,14,20H,3,9H2,1-2H3,(H,18,19). The van der Waals surface area contributed by atoms with E-state index in [0.717, 1.165) is 10.7 Å². The van der Waals surface area contributed by atoms with E-state index in [1.165, 1.54) is 0 Å². The van der Waals surface area contributed by atoms with Crippen LogP contribution < -0.4 is 0 Å². The van der Waals surface area contributed by atoms with Gasteiger partial charge in [0.25, 0.3) is 0 Å². The summed E-state index contributed by atoms with van der Waals surface area (Å²) < 4.78 is 0. The van der Waals surface area contributed by atoms with Gasteiger partial charge in [-0.25, -0.2) is 0 Å². The second kappa shape index (κ2) is 6.07. The van der Waals surface area contributed by atoms with Crippen LogP contribution in [-0.4, -0.2) is 33.0 Å². The lowest BCUT2D eigenvalue weighted by atomic mass is 10.0. The summed E-state index contributed by atoms with van der Waals surface area (Å²) >= 11 is 0. The van der Waals surface area contributed by atoms with Gasteiger partial charge in [-0.15, -0.1) is 0 Å². The molecule has 0 aliphatic carbocycles. The monoisotopic (exact) mass is 276 g/mol. The van der Waals surface area contributed by atoms with Gasteiger partial charge in [0.2, 0.25) is 0 Å². The zero-order valence-corrected chi connectivity index (χ0v) is 11.7. The van der Waals surface area contributed by atoms with E-state index in [0.29, 0.717) is 18.7 Å². The first-order valence-electron chi connectivity index (χ1n) is 6.78. The first kappa shape index (κ1) is 14.6. The van der Waals surface area contributed by atoms with Crippen molar-refractivity contribution in [3.63, 3.8) is 0 Å². The number of carbonyl (C=O) groups is 1. The largest absolute Gasteiger partial charge is 0.481 e. The number of hydroxylamine groups is 1. The quantitative estimate of drug-likeness (QED) is 0.865. The molecule has 1 aromatic carbocycles. The van der Waals surface area contributed by atoms with Crippen LogP contribution in [0.25, 0.3) is 0 Å². The molecule has 0 aromatic heterocycles. The van der Waals surface area contributed by atoms with Gasteiger partial charge in [0.05, 0.1) is 17.7 Å². The van der Waals surface area contributed by atoms with E-state index in [1.807, 2.05) is 43.3 Å². The lowest BCUT2D eigenvalue weighted by molar-refractivity contribution is -0.216. The number of hydrogen-bond donors (Lipinski definition) is 2. The van der Waals surface area contributed by atoms with Gasteiger partial charge in [-0.1, -0.05) is 44.2 Å². The molecule has 108 valence electrons. The van der Waals surface area contributed by atoms with Gasteiger partial charge in [0.1, 0.15) is 0 Å². The molecule has 5 heteroatoms. The maximum atomic E-state index is 11.0. The van der Waals surface area contributed by atoms with Crippen LogP contribution in [0, 0.1) is 5.92 Å². The van der Waals surface area contributed by atoms with Gasteiger partial charge >= 0.3 is 5.97 Å². The smallest absolute Gasteiger partial charge is 0.306 e. The van der Waals surface area contributed by atoms with Crippen LogP contribution in [-0.2, 0) is 4.79 Å². The van der Waals surface area contributed by atoms with E-state index in [-0.39, 0.29) is 6.04 Å². The summed E-state index contributed by atoms with van der Waals surface area (Å²) in [5.41, 5.74) is 1.71. The number of nitrogens with zero attached hydrogens (tertiary/aromatic N) is 2. The zero-order chi connectivity index (χ0) is 14.7. The second-order valence-corrected chi connectivity index (χ2v) is 5.00. The van der Waals surface area contributed by atoms with Crippen molar-refractivity contribution in [2.75, 3.05) is 6.54 Å². The third-order valence-corrected chi connectivity index (χ3v) is 3.57. The van der Waals surface area contributed by atoms with Crippen LogP contribution in [0.4, 0.5) is 0 Å². The number of benzene rings is 1. The molecule has 0 bridgehead atoms. The van der Waals surface area contributed by atoms with E-state index in [9.17, 15) is 10.0 Å². The Morgan fingerprint density at radius 2 is 2.00 bits per heavy atom. The molecule has 1 aliphatic heterocycles. The number of carboxylic acids is 1. The van der Waals surface area contributed by atoms with Crippen LogP contribution in [0.2, 0.25) is 0 Å². The molecule has 20 heavy (non-hydrogen) atoms. The Morgan fingerprint density at radius 3 is 2.55 bits per heavy atom. The molecule has 0 fully saturated rings. The highest BCUT2D eigenvalue weighted by atomic mass is 16.6. The number of hydrazine groups is 1. The average Bonchev–Trinajstić information content (AvgIpc) is 2.76. The maximum absolute atomic E-state index is 11.0. The van der Waals surface area contributed by atoms with Crippen LogP contribution in [0.1, 0.15) is 31.9 Å². The van der Waals surface area contributed by atoms with Gasteiger partial charge < -0.3 is 5.11 Å². The summed E-state index contributed by atoms with van der Waals surface area (Å²) in [4.78, 5) is 11.0. The third-order valence-electron chi connectivity index (χ3n) is 3.57. The summed E-state index contributed by atoms with van der Waals surface area (Å²) in [6, 6.07) is 9.81. The highest BCUT2D eigenvalue weighted by Crippen LogP contribution is 2.34. The summed E-state index contributed by atoms with van der Waals surface area (Å²) in [7, 11) is 0. The van der Waals surface area contributed by atoms with Crippen molar-refractivity contribution >= 4 is 5.97 Å².